The lowest BCUT2D eigenvalue weighted by Crippen LogP contribution is -1.92. The van der Waals surface area contributed by atoms with Gasteiger partial charge in [0.1, 0.15) is 5.76 Å². The summed E-state index contributed by atoms with van der Waals surface area (Å²) < 4.78 is 5.25. The Morgan fingerprint density at radius 1 is 1.27 bits per heavy atom. The molecule has 0 aromatic heterocycles. The molecule has 1 aliphatic heterocycles. The summed E-state index contributed by atoms with van der Waals surface area (Å²) in [6, 6.07) is 11.1. The maximum absolute atomic E-state index is 11.3. The molecule has 0 aliphatic carbocycles. The third-order valence-electron chi connectivity index (χ3n) is 1.98. The van der Waals surface area contributed by atoms with Crippen LogP contribution in [0.1, 0.15) is 5.56 Å². The molecule has 3 heteroatoms. The van der Waals surface area contributed by atoms with Gasteiger partial charge in [0.15, 0.2) is 5.76 Å². The smallest absolute Gasteiger partial charge is 0.225 e. The molecule has 1 aromatic rings. The van der Waals surface area contributed by atoms with Gasteiger partial charge in [-0.1, -0.05) is 30.3 Å². The first kappa shape index (κ1) is 9.22. The lowest BCUT2D eigenvalue weighted by atomic mass is 10.2. The molecule has 0 amide bonds. The maximum atomic E-state index is 11.3. The fraction of sp³-hybridized carbons (Fsp3) is 0. The highest BCUT2D eigenvalue weighted by Gasteiger charge is 2.21. The van der Waals surface area contributed by atoms with Crippen molar-refractivity contribution in [3.05, 3.63) is 53.8 Å². The minimum absolute atomic E-state index is 0.0800. The Bertz CT molecular complexity index is 492. The first-order chi connectivity index (χ1) is 7.31. The van der Waals surface area contributed by atoms with Crippen LogP contribution in [0, 0.1) is 11.3 Å². The minimum Gasteiger partial charge on any atom is -0.452 e. The van der Waals surface area contributed by atoms with E-state index in [1.807, 2.05) is 30.3 Å². The van der Waals surface area contributed by atoms with Gasteiger partial charge in [-0.2, -0.15) is 5.26 Å². The number of hydrogen-bond donors (Lipinski definition) is 0. The van der Waals surface area contributed by atoms with Crippen LogP contribution in [0.4, 0.5) is 0 Å². The van der Waals surface area contributed by atoms with Gasteiger partial charge in [0, 0.05) is 11.6 Å². The molecular formula is C12H7NO2. The van der Waals surface area contributed by atoms with Gasteiger partial charge in [-0.05, 0) is 0 Å². The van der Waals surface area contributed by atoms with Crippen LogP contribution in [-0.2, 0) is 9.53 Å². The summed E-state index contributed by atoms with van der Waals surface area (Å²) in [5, 5.41) is 8.42. The van der Waals surface area contributed by atoms with E-state index < -0.39 is 0 Å². The zero-order valence-corrected chi connectivity index (χ0v) is 7.81. The molecular weight excluding hydrogens is 190 g/mol. The van der Waals surface area contributed by atoms with Crippen LogP contribution in [0.3, 0.4) is 0 Å². The highest BCUT2D eigenvalue weighted by atomic mass is 16.5. The number of nitrogens with zero attached hydrogens (tertiary/aromatic N) is 1. The maximum Gasteiger partial charge on any atom is 0.225 e. The molecule has 0 saturated carbocycles. The summed E-state index contributed by atoms with van der Waals surface area (Å²) in [4.78, 5) is 11.3. The largest absolute Gasteiger partial charge is 0.452 e. The average Bonchev–Trinajstić information content (AvgIpc) is 2.63. The van der Waals surface area contributed by atoms with Crippen molar-refractivity contribution < 1.29 is 9.53 Å². The van der Waals surface area contributed by atoms with E-state index in [0.717, 1.165) is 11.6 Å². The van der Waals surface area contributed by atoms with Crippen molar-refractivity contribution in [2.75, 3.05) is 0 Å². The number of allylic oxidation sites excluding steroid dienone is 2. The number of benzene rings is 1. The van der Waals surface area contributed by atoms with E-state index in [2.05, 4.69) is 0 Å². The van der Waals surface area contributed by atoms with Gasteiger partial charge in [-0.25, -0.2) is 0 Å². The van der Waals surface area contributed by atoms with E-state index in [1.165, 1.54) is 6.08 Å². The fourth-order valence-corrected chi connectivity index (χ4v) is 1.29. The molecule has 3 nitrogen and oxygen atoms in total. The van der Waals surface area contributed by atoms with Crippen molar-refractivity contribution in [1.29, 1.82) is 5.26 Å². The van der Waals surface area contributed by atoms with Crippen LogP contribution in [0.5, 0.6) is 0 Å². The van der Waals surface area contributed by atoms with Crippen molar-refractivity contribution in [3.63, 3.8) is 0 Å². The van der Waals surface area contributed by atoms with Crippen LogP contribution in [-0.4, -0.2) is 5.78 Å². The van der Waals surface area contributed by atoms with Gasteiger partial charge in [0.25, 0.3) is 0 Å². The molecule has 72 valence electrons. The normalized spacial score (nSPS) is 17.1. The third-order valence-corrected chi connectivity index (χ3v) is 1.98. The molecule has 0 spiro atoms. The number of nitriles is 1. The van der Waals surface area contributed by atoms with Gasteiger partial charge in [-0.15, -0.1) is 0 Å². The second-order valence-electron chi connectivity index (χ2n) is 2.98. The summed E-state index contributed by atoms with van der Waals surface area (Å²) in [5.74, 6) is 0.300. The van der Waals surface area contributed by atoms with Crippen LogP contribution >= 0.6 is 0 Å². The topological polar surface area (TPSA) is 50.1 Å². The quantitative estimate of drug-likeness (QED) is 0.511. The summed E-state index contributed by atoms with van der Waals surface area (Å²) >= 11 is 0. The van der Waals surface area contributed by atoms with Crippen molar-refractivity contribution in [2.45, 2.75) is 0 Å². The molecule has 1 heterocycles. The standard InChI is InChI=1S/C12H7NO2/c13-7-6-11-10(14)8-12(15-11)9-4-2-1-3-5-9/h1-6,8H. The van der Waals surface area contributed by atoms with Crippen LogP contribution < -0.4 is 0 Å². The Morgan fingerprint density at radius 2 is 2.00 bits per heavy atom. The number of ether oxygens (including phenoxy) is 1. The van der Waals surface area contributed by atoms with Crippen LogP contribution in [0.15, 0.2) is 48.2 Å². The molecule has 0 unspecified atom stereocenters. The Balaban J connectivity index is 2.30. The van der Waals surface area contributed by atoms with Gasteiger partial charge < -0.3 is 4.74 Å². The van der Waals surface area contributed by atoms with E-state index in [9.17, 15) is 4.79 Å². The molecule has 0 fully saturated rings. The van der Waals surface area contributed by atoms with E-state index in [-0.39, 0.29) is 11.5 Å². The number of hydrogen-bond acceptors (Lipinski definition) is 3. The molecule has 2 rings (SSSR count). The van der Waals surface area contributed by atoms with E-state index in [4.69, 9.17) is 10.00 Å². The van der Waals surface area contributed by atoms with E-state index in [0.29, 0.717) is 5.76 Å². The third kappa shape index (κ3) is 1.79. The highest BCUT2D eigenvalue weighted by molar-refractivity contribution is 6.10. The second kappa shape index (κ2) is 3.81. The zero-order valence-electron chi connectivity index (χ0n) is 7.81. The van der Waals surface area contributed by atoms with Crippen molar-refractivity contribution in [3.8, 4) is 6.07 Å². The van der Waals surface area contributed by atoms with Crippen LogP contribution in [0.25, 0.3) is 5.76 Å². The molecule has 0 atom stereocenters. The molecule has 0 bridgehead atoms. The number of carbonyl (C=O) groups is 1. The molecule has 1 aromatic carbocycles. The summed E-state index contributed by atoms with van der Waals surface area (Å²) in [7, 11) is 0. The minimum atomic E-state index is -0.268. The first-order valence-corrected chi connectivity index (χ1v) is 4.40. The molecule has 15 heavy (non-hydrogen) atoms. The Kier molecular flexibility index (Phi) is 2.34. The summed E-state index contributed by atoms with van der Waals surface area (Å²) in [6.45, 7) is 0. The van der Waals surface area contributed by atoms with E-state index >= 15 is 0 Å². The Labute approximate surface area is 86.9 Å². The van der Waals surface area contributed by atoms with Crippen molar-refractivity contribution >= 4 is 11.5 Å². The van der Waals surface area contributed by atoms with Gasteiger partial charge in [-0.3, -0.25) is 4.79 Å². The van der Waals surface area contributed by atoms with Gasteiger partial charge in [0.05, 0.1) is 12.1 Å². The lowest BCUT2D eigenvalue weighted by molar-refractivity contribution is -0.112. The fourth-order valence-electron chi connectivity index (χ4n) is 1.29. The molecule has 0 saturated heterocycles. The predicted molar refractivity (Wildman–Crippen MR) is 54.2 cm³/mol. The van der Waals surface area contributed by atoms with Crippen LogP contribution in [0.2, 0.25) is 0 Å². The number of carbonyl (C=O) groups excluding carboxylic acids is 1. The van der Waals surface area contributed by atoms with Crippen molar-refractivity contribution in [2.24, 2.45) is 0 Å². The molecule has 0 N–H and O–H groups in total. The highest BCUT2D eigenvalue weighted by Crippen LogP contribution is 2.25. The van der Waals surface area contributed by atoms with Crippen molar-refractivity contribution in [1.82, 2.24) is 0 Å². The lowest BCUT2D eigenvalue weighted by Gasteiger charge is -2.02. The number of rotatable bonds is 1. The zero-order chi connectivity index (χ0) is 10.7. The van der Waals surface area contributed by atoms with Gasteiger partial charge in [0.2, 0.25) is 5.78 Å². The summed E-state index contributed by atoms with van der Waals surface area (Å²) in [5.41, 5.74) is 0.826. The first-order valence-electron chi connectivity index (χ1n) is 4.40. The second-order valence-corrected chi connectivity index (χ2v) is 2.98. The molecule has 0 radical (unpaired) electrons. The Hall–Kier alpha value is -2.34. The SMILES string of the molecule is N#CC=C1OC(c2ccccc2)=CC1=O. The van der Waals surface area contributed by atoms with E-state index in [1.54, 1.807) is 6.07 Å². The average molecular weight is 197 g/mol. The Morgan fingerprint density at radius 3 is 2.67 bits per heavy atom. The predicted octanol–water partition coefficient (Wildman–Crippen LogP) is 2.03. The number of ketones is 1. The molecule has 1 aliphatic rings. The monoisotopic (exact) mass is 197 g/mol. The van der Waals surface area contributed by atoms with Gasteiger partial charge >= 0.3 is 0 Å². The summed E-state index contributed by atoms with van der Waals surface area (Å²) in [6.07, 6.45) is 2.49.